The Hall–Kier alpha value is -3.40. The Balaban J connectivity index is 1.70. The first kappa shape index (κ1) is 20.5. The van der Waals surface area contributed by atoms with E-state index in [1.54, 1.807) is 17.7 Å². The molecule has 0 bridgehead atoms. The molecule has 0 unspecified atom stereocenters. The molecule has 1 saturated heterocycles. The van der Waals surface area contributed by atoms with Crippen LogP contribution in [0.3, 0.4) is 0 Å². The number of nitrogens with zero attached hydrogens (tertiary/aromatic N) is 3. The molecule has 164 valence electrons. The number of anilines is 2. The first-order valence-electron chi connectivity index (χ1n) is 10.1. The zero-order valence-electron chi connectivity index (χ0n) is 17.0. The molecule has 3 heterocycles. The van der Waals surface area contributed by atoms with Crippen molar-refractivity contribution >= 4 is 22.5 Å². The molecular formula is C23H20F2N4O3. The lowest BCUT2D eigenvalue weighted by atomic mass is 10.1. The molecule has 5 rings (SSSR count). The number of benzene rings is 2. The van der Waals surface area contributed by atoms with Crippen LogP contribution in [0.2, 0.25) is 0 Å². The molecule has 1 aliphatic rings. The van der Waals surface area contributed by atoms with Crippen LogP contribution in [-0.2, 0) is 4.74 Å². The monoisotopic (exact) mass is 438 g/mol. The Bertz CT molecular complexity index is 1260. The van der Waals surface area contributed by atoms with E-state index < -0.39 is 36.2 Å². The summed E-state index contributed by atoms with van der Waals surface area (Å²) in [5, 5.41) is 24.3. The lowest BCUT2D eigenvalue weighted by Gasteiger charge is -2.17. The van der Waals surface area contributed by atoms with Crippen LogP contribution in [0.5, 0.6) is 0 Å². The lowest BCUT2D eigenvalue weighted by Crippen LogP contribution is -2.30. The van der Waals surface area contributed by atoms with Crippen molar-refractivity contribution in [1.29, 1.82) is 0 Å². The summed E-state index contributed by atoms with van der Waals surface area (Å²) in [5.41, 5.74) is 2.20. The van der Waals surface area contributed by atoms with Gasteiger partial charge in [-0.2, -0.15) is 0 Å². The normalized spacial score (nSPS) is 23.0. The molecule has 2 aromatic carbocycles. The number of hydrogen-bond acceptors (Lipinski definition) is 6. The highest BCUT2D eigenvalue weighted by Gasteiger charge is 2.42. The molecule has 0 amide bonds. The first-order chi connectivity index (χ1) is 15.4. The smallest absolute Gasteiger partial charge is 0.164 e. The van der Waals surface area contributed by atoms with Gasteiger partial charge in [-0.25, -0.2) is 18.7 Å². The highest BCUT2D eigenvalue weighted by molar-refractivity contribution is 6.02. The summed E-state index contributed by atoms with van der Waals surface area (Å²) in [5.74, 6) is -1.10. The minimum Gasteiger partial charge on any atom is -0.388 e. The molecule has 3 N–H and O–H groups in total. The van der Waals surface area contributed by atoms with E-state index in [9.17, 15) is 19.0 Å². The number of aliphatic hydroxyl groups is 2. The molecule has 32 heavy (non-hydrogen) atoms. The lowest BCUT2D eigenvalue weighted by molar-refractivity contribution is -0.0295. The predicted molar refractivity (Wildman–Crippen MR) is 114 cm³/mol. The summed E-state index contributed by atoms with van der Waals surface area (Å²) in [6.45, 7) is 1.68. The number of fused-ring (bicyclic) bond motifs is 1. The van der Waals surface area contributed by atoms with Gasteiger partial charge in [0.1, 0.15) is 41.6 Å². The van der Waals surface area contributed by atoms with Gasteiger partial charge in [-0.05, 0) is 24.6 Å². The molecule has 0 spiro atoms. The average Bonchev–Trinajstić information content (AvgIpc) is 3.27. The summed E-state index contributed by atoms with van der Waals surface area (Å²) >= 11 is 0. The number of ether oxygens (including phenoxy) is 1. The Morgan fingerprint density at radius 3 is 2.38 bits per heavy atom. The van der Waals surface area contributed by atoms with Crippen molar-refractivity contribution in [3.8, 4) is 11.1 Å². The third kappa shape index (κ3) is 3.50. The van der Waals surface area contributed by atoms with Crippen LogP contribution in [0, 0.1) is 11.6 Å². The van der Waals surface area contributed by atoms with Crippen LogP contribution >= 0.6 is 0 Å². The SMILES string of the molecule is C[C@@H]1O[C@@H](n2cc(-c3ccccc3)c3c(Nc4cc(F)cc(F)c4)ncnc32)[C@H](O)[C@@H]1O. The third-order valence-corrected chi connectivity index (χ3v) is 5.57. The van der Waals surface area contributed by atoms with E-state index in [1.807, 2.05) is 30.3 Å². The van der Waals surface area contributed by atoms with E-state index in [1.165, 1.54) is 6.33 Å². The van der Waals surface area contributed by atoms with Gasteiger partial charge in [-0.1, -0.05) is 30.3 Å². The first-order valence-corrected chi connectivity index (χ1v) is 10.1. The van der Waals surface area contributed by atoms with Crippen molar-refractivity contribution in [3.63, 3.8) is 0 Å². The van der Waals surface area contributed by atoms with Crippen molar-refractivity contribution in [3.05, 3.63) is 72.7 Å². The molecule has 0 aliphatic carbocycles. The highest BCUT2D eigenvalue weighted by atomic mass is 19.1. The Labute approximate surface area is 181 Å². The summed E-state index contributed by atoms with van der Waals surface area (Å²) in [6.07, 6.45) is -0.561. The van der Waals surface area contributed by atoms with Gasteiger partial charge in [0.05, 0.1) is 11.5 Å². The minimum atomic E-state index is -1.16. The molecular weight excluding hydrogens is 418 g/mol. The number of rotatable bonds is 4. The van der Waals surface area contributed by atoms with Gasteiger partial charge in [0.25, 0.3) is 0 Å². The number of halogens is 2. The molecule has 1 fully saturated rings. The Morgan fingerprint density at radius 2 is 1.72 bits per heavy atom. The summed E-state index contributed by atoms with van der Waals surface area (Å²) in [4.78, 5) is 8.69. The van der Waals surface area contributed by atoms with Crippen LogP contribution in [0.1, 0.15) is 13.2 Å². The second kappa shape index (κ2) is 7.94. The van der Waals surface area contributed by atoms with Crippen molar-refractivity contribution in [2.24, 2.45) is 0 Å². The van der Waals surface area contributed by atoms with Gasteiger partial charge in [0, 0.05) is 23.5 Å². The van der Waals surface area contributed by atoms with Crippen LogP contribution in [0.25, 0.3) is 22.2 Å². The average molecular weight is 438 g/mol. The minimum absolute atomic E-state index is 0.190. The van der Waals surface area contributed by atoms with Gasteiger partial charge < -0.3 is 24.8 Å². The molecule has 1 aliphatic heterocycles. The van der Waals surface area contributed by atoms with Crippen LogP contribution in [-0.4, -0.2) is 43.1 Å². The second-order valence-electron chi connectivity index (χ2n) is 7.73. The second-order valence-corrected chi connectivity index (χ2v) is 7.73. The van der Waals surface area contributed by atoms with E-state index in [-0.39, 0.29) is 5.69 Å². The van der Waals surface area contributed by atoms with E-state index >= 15 is 0 Å². The van der Waals surface area contributed by atoms with Crippen molar-refractivity contribution in [2.45, 2.75) is 31.5 Å². The Kier molecular flexibility index (Phi) is 5.09. The molecule has 2 aromatic heterocycles. The molecule has 9 heteroatoms. The maximum Gasteiger partial charge on any atom is 0.164 e. The summed E-state index contributed by atoms with van der Waals surface area (Å²) < 4.78 is 34.9. The maximum atomic E-state index is 13.7. The fourth-order valence-electron chi connectivity index (χ4n) is 4.03. The number of nitrogens with one attached hydrogen (secondary N) is 1. The maximum absolute atomic E-state index is 13.7. The van der Waals surface area contributed by atoms with Gasteiger partial charge in [0.2, 0.25) is 0 Å². The van der Waals surface area contributed by atoms with E-state index in [0.29, 0.717) is 16.9 Å². The number of aromatic nitrogens is 3. The highest BCUT2D eigenvalue weighted by Crippen LogP contribution is 2.39. The van der Waals surface area contributed by atoms with Crippen LogP contribution in [0.15, 0.2) is 61.1 Å². The summed E-state index contributed by atoms with van der Waals surface area (Å²) in [6, 6.07) is 12.6. The topological polar surface area (TPSA) is 92.4 Å². The van der Waals surface area contributed by atoms with Gasteiger partial charge in [0.15, 0.2) is 6.23 Å². The third-order valence-electron chi connectivity index (χ3n) is 5.57. The fourth-order valence-corrected chi connectivity index (χ4v) is 4.03. The largest absolute Gasteiger partial charge is 0.388 e. The van der Waals surface area contributed by atoms with Gasteiger partial charge in [-0.3, -0.25) is 0 Å². The Morgan fingerprint density at radius 1 is 1.00 bits per heavy atom. The zero-order valence-corrected chi connectivity index (χ0v) is 17.0. The zero-order chi connectivity index (χ0) is 22.4. The summed E-state index contributed by atoms with van der Waals surface area (Å²) in [7, 11) is 0. The van der Waals surface area contributed by atoms with Gasteiger partial charge >= 0.3 is 0 Å². The molecule has 0 radical (unpaired) electrons. The molecule has 4 aromatic rings. The molecule has 0 saturated carbocycles. The van der Waals surface area contributed by atoms with Crippen molar-refractivity contribution in [2.75, 3.05) is 5.32 Å². The van der Waals surface area contributed by atoms with Crippen LogP contribution < -0.4 is 5.32 Å². The predicted octanol–water partition coefficient (Wildman–Crippen LogP) is 3.76. The van der Waals surface area contributed by atoms with Crippen molar-refractivity contribution < 1.29 is 23.7 Å². The standard InChI is InChI=1S/C23H20F2N4O3/c1-12-19(30)20(31)23(32-12)29-10-17(13-5-3-2-4-6-13)18-21(26-11-27-22(18)29)28-16-8-14(24)7-15(25)9-16/h2-12,19-20,23,30-31H,1H3,(H,26,27,28)/t12-,19+,20+,23+/m0/s1. The van der Waals surface area contributed by atoms with E-state index in [2.05, 4.69) is 15.3 Å². The fraction of sp³-hybridized carbons (Fsp3) is 0.217. The molecule has 4 atom stereocenters. The van der Waals surface area contributed by atoms with Crippen LogP contribution in [0.4, 0.5) is 20.3 Å². The van der Waals surface area contributed by atoms with Gasteiger partial charge in [-0.15, -0.1) is 0 Å². The molecule has 7 nitrogen and oxygen atoms in total. The van der Waals surface area contributed by atoms with Crippen molar-refractivity contribution in [1.82, 2.24) is 14.5 Å². The number of hydrogen-bond donors (Lipinski definition) is 3. The van der Waals surface area contributed by atoms with E-state index in [0.717, 1.165) is 29.3 Å². The quantitative estimate of drug-likeness (QED) is 0.449. The van der Waals surface area contributed by atoms with E-state index in [4.69, 9.17) is 4.74 Å². The number of aliphatic hydroxyl groups excluding tert-OH is 2.